The first-order valence-electron chi connectivity index (χ1n) is 5.55. The van der Waals surface area contributed by atoms with E-state index in [-0.39, 0.29) is 5.02 Å². The van der Waals surface area contributed by atoms with Crippen molar-refractivity contribution in [1.29, 1.82) is 0 Å². The quantitative estimate of drug-likeness (QED) is 0.693. The van der Waals surface area contributed by atoms with Crippen molar-refractivity contribution >= 4 is 22.6 Å². The van der Waals surface area contributed by atoms with Crippen LogP contribution in [0.1, 0.15) is 5.56 Å². The van der Waals surface area contributed by atoms with Gasteiger partial charge in [0.25, 0.3) is 0 Å². The SMILES string of the molecule is Cc1ccc2nc(-c3ccc(F)c(Cl)c3)[nH]c2c1. The van der Waals surface area contributed by atoms with Crippen molar-refractivity contribution in [1.82, 2.24) is 9.97 Å². The molecule has 3 rings (SSSR count). The maximum absolute atomic E-state index is 13.1. The van der Waals surface area contributed by atoms with Crippen LogP contribution in [-0.4, -0.2) is 9.97 Å². The summed E-state index contributed by atoms with van der Waals surface area (Å²) < 4.78 is 13.1. The largest absolute Gasteiger partial charge is 0.338 e. The maximum atomic E-state index is 13.1. The Kier molecular flexibility index (Phi) is 2.56. The molecule has 0 fully saturated rings. The highest BCUT2D eigenvalue weighted by Crippen LogP contribution is 2.25. The highest BCUT2D eigenvalue weighted by atomic mass is 35.5. The standard InChI is InChI=1S/C14H10ClFN2/c1-8-2-5-12-13(6-8)18-14(17-12)9-3-4-11(16)10(15)7-9/h2-7H,1H3,(H,17,18). The first-order valence-corrected chi connectivity index (χ1v) is 5.93. The summed E-state index contributed by atoms with van der Waals surface area (Å²) >= 11 is 5.77. The van der Waals surface area contributed by atoms with Crippen LogP contribution in [0, 0.1) is 12.7 Å². The second-order valence-electron chi connectivity index (χ2n) is 4.23. The number of hydrogen-bond acceptors (Lipinski definition) is 1. The predicted octanol–water partition coefficient (Wildman–Crippen LogP) is 4.33. The van der Waals surface area contributed by atoms with Gasteiger partial charge < -0.3 is 4.98 Å². The summed E-state index contributed by atoms with van der Waals surface area (Å²) in [5.41, 5.74) is 3.78. The van der Waals surface area contributed by atoms with E-state index in [2.05, 4.69) is 9.97 Å². The number of H-pyrrole nitrogens is 1. The molecule has 0 atom stereocenters. The fourth-order valence-electron chi connectivity index (χ4n) is 1.90. The first-order chi connectivity index (χ1) is 8.63. The van der Waals surface area contributed by atoms with Gasteiger partial charge in [0, 0.05) is 5.56 Å². The first kappa shape index (κ1) is 11.2. The van der Waals surface area contributed by atoms with E-state index >= 15 is 0 Å². The van der Waals surface area contributed by atoms with Crippen LogP contribution in [0.2, 0.25) is 5.02 Å². The number of rotatable bonds is 1. The molecule has 1 heterocycles. The molecule has 2 nitrogen and oxygen atoms in total. The number of hydrogen-bond donors (Lipinski definition) is 1. The molecule has 0 radical (unpaired) electrons. The van der Waals surface area contributed by atoms with E-state index in [1.54, 1.807) is 12.1 Å². The van der Waals surface area contributed by atoms with E-state index in [1.165, 1.54) is 6.07 Å². The molecule has 0 unspecified atom stereocenters. The average molecular weight is 261 g/mol. The Morgan fingerprint density at radius 1 is 1.17 bits per heavy atom. The Morgan fingerprint density at radius 2 is 2.00 bits per heavy atom. The molecule has 90 valence electrons. The number of benzene rings is 2. The summed E-state index contributed by atoms with van der Waals surface area (Å²) in [7, 11) is 0. The van der Waals surface area contributed by atoms with Gasteiger partial charge >= 0.3 is 0 Å². The molecule has 18 heavy (non-hydrogen) atoms. The zero-order chi connectivity index (χ0) is 12.7. The van der Waals surface area contributed by atoms with Crippen molar-refractivity contribution in [2.75, 3.05) is 0 Å². The summed E-state index contributed by atoms with van der Waals surface area (Å²) in [6.45, 7) is 2.02. The Morgan fingerprint density at radius 3 is 2.78 bits per heavy atom. The highest BCUT2D eigenvalue weighted by molar-refractivity contribution is 6.31. The monoisotopic (exact) mass is 260 g/mol. The number of fused-ring (bicyclic) bond motifs is 1. The molecule has 0 saturated heterocycles. The van der Waals surface area contributed by atoms with Gasteiger partial charge in [-0.15, -0.1) is 0 Å². The molecule has 0 amide bonds. The third-order valence-corrected chi connectivity index (χ3v) is 3.12. The van der Waals surface area contributed by atoms with Crippen LogP contribution in [0.3, 0.4) is 0 Å². The number of nitrogens with zero attached hydrogens (tertiary/aromatic N) is 1. The van der Waals surface area contributed by atoms with Crippen molar-refractivity contribution in [3.63, 3.8) is 0 Å². The molecule has 0 aliphatic heterocycles. The minimum Gasteiger partial charge on any atom is -0.338 e. The summed E-state index contributed by atoms with van der Waals surface area (Å²) in [5.74, 6) is 0.268. The number of aryl methyl sites for hydroxylation is 1. The van der Waals surface area contributed by atoms with Crippen LogP contribution in [0.4, 0.5) is 4.39 Å². The number of aromatic nitrogens is 2. The predicted molar refractivity (Wildman–Crippen MR) is 71.2 cm³/mol. The molecule has 2 aromatic carbocycles. The molecule has 0 bridgehead atoms. The lowest BCUT2D eigenvalue weighted by molar-refractivity contribution is 0.628. The summed E-state index contributed by atoms with van der Waals surface area (Å²) in [6, 6.07) is 10.6. The lowest BCUT2D eigenvalue weighted by Crippen LogP contribution is -1.82. The minimum absolute atomic E-state index is 0.101. The van der Waals surface area contributed by atoms with Crippen molar-refractivity contribution in [2.24, 2.45) is 0 Å². The normalized spacial score (nSPS) is 11.1. The fourth-order valence-corrected chi connectivity index (χ4v) is 2.08. The number of aromatic amines is 1. The molecule has 3 aromatic rings. The second-order valence-corrected chi connectivity index (χ2v) is 4.64. The Balaban J connectivity index is 2.16. The third-order valence-electron chi connectivity index (χ3n) is 2.83. The van der Waals surface area contributed by atoms with Crippen molar-refractivity contribution in [2.45, 2.75) is 6.92 Å². The van der Waals surface area contributed by atoms with Crippen LogP contribution < -0.4 is 0 Å². The molecule has 1 N–H and O–H groups in total. The lowest BCUT2D eigenvalue weighted by Gasteiger charge is -1.98. The highest BCUT2D eigenvalue weighted by Gasteiger charge is 2.07. The van der Waals surface area contributed by atoms with Gasteiger partial charge in [-0.1, -0.05) is 17.7 Å². The lowest BCUT2D eigenvalue weighted by atomic mass is 10.2. The van der Waals surface area contributed by atoms with Gasteiger partial charge in [0.05, 0.1) is 16.1 Å². The second kappa shape index (κ2) is 4.10. The molecule has 0 aliphatic rings. The molecule has 0 saturated carbocycles. The molecule has 1 aromatic heterocycles. The fraction of sp³-hybridized carbons (Fsp3) is 0.0714. The van der Waals surface area contributed by atoms with E-state index in [0.717, 1.165) is 22.2 Å². The summed E-state index contributed by atoms with van der Waals surface area (Å²) in [4.78, 5) is 7.67. The Bertz CT molecular complexity index is 734. The van der Waals surface area contributed by atoms with Crippen LogP contribution in [0.25, 0.3) is 22.4 Å². The van der Waals surface area contributed by atoms with Gasteiger partial charge in [-0.05, 0) is 42.8 Å². The zero-order valence-electron chi connectivity index (χ0n) is 9.67. The van der Waals surface area contributed by atoms with Crippen LogP contribution in [0.5, 0.6) is 0 Å². The molecule has 4 heteroatoms. The number of nitrogens with one attached hydrogen (secondary N) is 1. The smallest absolute Gasteiger partial charge is 0.141 e. The van der Waals surface area contributed by atoms with Gasteiger partial charge in [-0.2, -0.15) is 0 Å². The maximum Gasteiger partial charge on any atom is 0.141 e. The van der Waals surface area contributed by atoms with Crippen molar-refractivity contribution in [3.05, 3.63) is 52.8 Å². The number of imidazole rings is 1. The van der Waals surface area contributed by atoms with Gasteiger partial charge in [0.15, 0.2) is 0 Å². The van der Waals surface area contributed by atoms with Gasteiger partial charge in [0.2, 0.25) is 0 Å². The zero-order valence-corrected chi connectivity index (χ0v) is 10.4. The van der Waals surface area contributed by atoms with Crippen molar-refractivity contribution in [3.8, 4) is 11.4 Å². The van der Waals surface area contributed by atoms with E-state index in [4.69, 9.17) is 11.6 Å². The minimum atomic E-state index is -0.424. The van der Waals surface area contributed by atoms with Gasteiger partial charge in [-0.3, -0.25) is 0 Å². The molecular weight excluding hydrogens is 251 g/mol. The third kappa shape index (κ3) is 1.87. The van der Waals surface area contributed by atoms with E-state index in [1.807, 2.05) is 25.1 Å². The van der Waals surface area contributed by atoms with Crippen LogP contribution in [-0.2, 0) is 0 Å². The molecule has 0 spiro atoms. The van der Waals surface area contributed by atoms with Crippen LogP contribution in [0.15, 0.2) is 36.4 Å². The van der Waals surface area contributed by atoms with Gasteiger partial charge in [0.1, 0.15) is 11.6 Å². The van der Waals surface area contributed by atoms with E-state index in [9.17, 15) is 4.39 Å². The molecular formula is C14H10ClFN2. The van der Waals surface area contributed by atoms with Crippen molar-refractivity contribution < 1.29 is 4.39 Å². The van der Waals surface area contributed by atoms with E-state index < -0.39 is 5.82 Å². The number of halogens is 2. The van der Waals surface area contributed by atoms with E-state index in [0.29, 0.717) is 5.82 Å². The summed E-state index contributed by atoms with van der Waals surface area (Å²) in [6.07, 6.45) is 0. The topological polar surface area (TPSA) is 28.7 Å². The molecule has 0 aliphatic carbocycles. The Hall–Kier alpha value is -1.87. The Labute approximate surface area is 108 Å². The van der Waals surface area contributed by atoms with Crippen LogP contribution >= 0.6 is 11.6 Å². The van der Waals surface area contributed by atoms with Gasteiger partial charge in [-0.25, -0.2) is 9.37 Å². The average Bonchev–Trinajstić information content (AvgIpc) is 2.75. The summed E-state index contributed by atoms with van der Waals surface area (Å²) in [5, 5.41) is 0.101.